The monoisotopic (exact) mass is 1280 g/mol. The van der Waals surface area contributed by atoms with E-state index in [4.69, 9.17) is 40.1 Å². The molecule has 6 N–H and O–H groups in total. The molecule has 6 atom stereocenters. The summed E-state index contributed by atoms with van der Waals surface area (Å²) in [6.07, 6.45) is 11.4. The second-order valence-electron chi connectivity index (χ2n) is 26.9. The average molecular weight is 1290 g/mol. The molecule has 510 valence electrons. The lowest BCUT2D eigenvalue weighted by Gasteiger charge is -2.38. The third-order valence-corrected chi connectivity index (χ3v) is 16.0. The van der Waals surface area contributed by atoms with Gasteiger partial charge in [0.05, 0.1) is 48.4 Å². The Balaban J connectivity index is 0.000000371. The van der Waals surface area contributed by atoms with Crippen LogP contribution in [0, 0.1) is 40.6 Å². The number of ether oxygens (including phenoxy) is 6. The second-order valence-corrected chi connectivity index (χ2v) is 26.9. The second kappa shape index (κ2) is 38.2. The number of carboxylic acids is 1. The Kier molecular flexibility index (Phi) is 34.1. The van der Waals surface area contributed by atoms with Crippen molar-refractivity contribution in [2.75, 3.05) is 118 Å². The van der Waals surface area contributed by atoms with Gasteiger partial charge in [-0.05, 0) is 193 Å². The van der Waals surface area contributed by atoms with E-state index >= 15 is 0 Å². The number of amides is 5. The van der Waals surface area contributed by atoms with E-state index in [9.17, 15) is 43.2 Å². The van der Waals surface area contributed by atoms with Gasteiger partial charge in [-0.25, -0.2) is 21.0 Å². The maximum atomic E-state index is 12.2. The molecule has 26 heteroatoms. The number of likely N-dealkylation sites (tertiary alicyclic amines) is 3. The molecular weight excluding hydrogens is 1170 g/mol. The SMILES string of the molecule is CC(C)(C)OC(=O)N1CCCC2(CCNC2=O)C1.CCOC(=O)C1CCCN(C(=O)OC(C)(C)C)C1.CCOC(=O)C1CCCNC1.Cl.O=C(O)C1CCCNC1.O=C1NCCC12CCCNC2.[C-]#[N+]CC1(C(=O)OCC)CCCN(C(=O)OC(C)(C)C)C1. The number of rotatable bonds is 8. The fourth-order valence-corrected chi connectivity index (χ4v) is 11.5. The maximum Gasteiger partial charge on any atom is 0.410 e. The van der Waals surface area contributed by atoms with Gasteiger partial charge in [-0.15, -0.1) is 12.4 Å². The fourth-order valence-electron chi connectivity index (χ4n) is 11.5. The molecule has 0 saturated carbocycles. The van der Waals surface area contributed by atoms with Gasteiger partial charge in [-0.1, -0.05) is 0 Å². The smallest absolute Gasteiger partial charge is 0.410 e. The van der Waals surface area contributed by atoms with E-state index in [0.29, 0.717) is 65.3 Å². The number of carbonyl (C=O) groups excluding carboxylic acids is 8. The van der Waals surface area contributed by atoms with E-state index < -0.39 is 40.2 Å². The summed E-state index contributed by atoms with van der Waals surface area (Å²) in [5.41, 5.74) is -2.89. The van der Waals surface area contributed by atoms with Gasteiger partial charge in [-0.3, -0.25) is 28.8 Å². The van der Waals surface area contributed by atoms with Crippen LogP contribution in [0.3, 0.4) is 0 Å². The number of carboxylic acid groups (broad SMARTS) is 1. The topological polar surface area (TPSA) is 303 Å². The molecule has 25 nitrogen and oxygen atoms in total. The Labute approximate surface area is 535 Å². The molecule has 8 aliphatic rings. The number of carbonyl (C=O) groups is 9. The van der Waals surface area contributed by atoms with Gasteiger partial charge in [0.25, 0.3) is 0 Å². The number of hydrogen-bond donors (Lipinski definition) is 6. The lowest BCUT2D eigenvalue weighted by Crippen LogP contribution is -2.52. The van der Waals surface area contributed by atoms with Crippen LogP contribution in [0.2, 0.25) is 0 Å². The minimum atomic E-state index is -0.924. The highest BCUT2D eigenvalue weighted by atomic mass is 35.5. The Hall–Kier alpha value is -5.71. The van der Waals surface area contributed by atoms with Crippen molar-refractivity contribution in [3.8, 4) is 0 Å². The highest BCUT2D eigenvalue weighted by Crippen LogP contribution is 2.38. The van der Waals surface area contributed by atoms with Crippen molar-refractivity contribution in [2.24, 2.45) is 34.0 Å². The largest absolute Gasteiger partial charge is 0.481 e. The first-order valence-corrected chi connectivity index (χ1v) is 32.1. The summed E-state index contributed by atoms with van der Waals surface area (Å²) in [5.74, 6) is -1.21. The van der Waals surface area contributed by atoms with E-state index in [1.807, 2.05) is 48.5 Å². The van der Waals surface area contributed by atoms with Crippen LogP contribution >= 0.6 is 12.4 Å². The predicted octanol–water partition coefficient (Wildman–Crippen LogP) is 7.12. The number of aliphatic carboxylic acids is 1. The van der Waals surface area contributed by atoms with E-state index in [1.54, 1.807) is 44.4 Å². The average Bonchev–Trinajstić information content (AvgIpc) is 3.35. The normalized spacial score (nSPS) is 25.7. The van der Waals surface area contributed by atoms with Crippen LogP contribution < -0.4 is 26.6 Å². The van der Waals surface area contributed by atoms with Gasteiger partial charge in [0.1, 0.15) is 16.8 Å². The van der Waals surface area contributed by atoms with Crippen molar-refractivity contribution in [3.05, 3.63) is 11.4 Å². The standard InChI is InChI=1S/C15H24N2O4.C13H22N2O3.C13H23NO4.C8H14N2O.C8H15NO2.C6H11NO2.ClH/c1-6-20-12(18)15(10-16-5)8-7-9-17(11-15)13(19)21-14(2,3)4;1-12(2,3)18-11(17)15-8-4-5-13(9-15)6-7-14-10(13)16;1-5-17-11(15)10-7-6-8-14(9-10)12(16)18-13(2,3)4;11-7-8(3-5-10-7)2-1-4-9-6-8;1-2-11-8(10)7-4-3-5-9-6-7;8-6(9)5-2-1-3-7-4-5;/h6-11H2,1-4H3;4-9H2,1-3H3,(H,14,16);10H,5-9H2,1-4H3;9H,1-6H2,(H,10,11);7,9H,2-6H2,1H3;5,7H,1-4H2,(H,8,9);1H. The van der Waals surface area contributed by atoms with Crippen molar-refractivity contribution < 1.29 is 76.7 Å². The molecule has 0 bridgehead atoms. The van der Waals surface area contributed by atoms with E-state index in [0.717, 1.165) is 123 Å². The lowest BCUT2D eigenvalue weighted by molar-refractivity contribution is -0.157. The first-order chi connectivity index (χ1) is 41.4. The molecule has 0 aliphatic carbocycles. The van der Waals surface area contributed by atoms with Gasteiger partial charge in [0.2, 0.25) is 18.4 Å². The Morgan fingerprint density at radius 3 is 1.40 bits per heavy atom. The quantitative estimate of drug-likeness (QED) is 0.0800. The van der Waals surface area contributed by atoms with Crippen LogP contribution in [-0.2, 0) is 57.2 Å². The third kappa shape index (κ3) is 27.7. The van der Waals surface area contributed by atoms with Crippen LogP contribution in [0.25, 0.3) is 4.85 Å². The van der Waals surface area contributed by atoms with Gasteiger partial charge >= 0.3 is 42.2 Å². The summed E-state index contributed by atoms with van der Waals surface area (Å²) in [6, 6.07) is 0. The summed E-state index contributed by atoms with van der Waals surface area (Å²) in [7, 11) is 0. The number of nitrogens with one attached hydrogen (secondary N) is 5. The Morgan fingerprint density at radius 2 is 0.978 bits per heavy atom. The van der Waals surface area contributed by atoms with Crippen LogP contribution in [0.5, 0.6) is 0 Å². The summed E-state index contributed by atoms with van der Waals surface area (Å²) in [4.78, 5) is 113. The van der Waals surface area contributed by atoms with Gasteiger partial charge < -0.3 is 79.7 Å². The van der Waals surface area contributed by atoms with Crippen LogP contribution in [0.4, 0.5) is 14.4 Å². The molecule has 5 amide bonds. The highest BCUT2D eigenvalue weighted by molar-refractivity contribution is 5.86. The first kappa shape index (κ1) is 79.4. The highest BCUT2D eigenvalue weighted by Gasteiger charge is 2.49. The molecule has 0 radical (unpaired) electrons. The Morgan fingerprint density at radius 1 is 0.539 bits per heavy atom. The zero-order chi connectivity index (χ0) is 65.8. The van der Waals surface area contributed by atoms with Crippen LogP contribution in [0.1, 0.15) is 173 Å². The molecule has 6 unspecified atom stereocenters. The van der Waals surface area contributed by atoms with E-state index in [2.05, 4.69) is 31.4 Å². The zero-order valence-corrected chi connectivity index (χ0v) is 56.4. The molecule has 0 aromatic heterocycles. The fraction of sp³-hybridized carbons (Fsp3) is 0.841. The third-order valence-electron chi connectivity index (χ3n) is 16.0. The van der Waals surface area contributed by atoms with Crippen molar-refractivity contribution in [1.29, 1.82) is 0 Å². The van der Waals surface area contributed by atoms with Crippen LogP contribution in [-0.4, -0.2) is 209 Å². The molecule has 89 heavy (non-hydrogen) atoms. The van der Waals surface area contributed by atoms with Crippen molar-refractivity contribution in [1.82, 2.24) is 41.3 Å². The number of nitrogens with zero attached hydrogens (tertiary/aromatic N) is 4. The van der Waals surface area contributed by atoms with Gasteiger partial charge in [0.15, 0.2) is 5.41 Å². The van der Waals surface area contributed by atoms with Crippen molar-refractivity contribution in [3.63, 3.8) is 0 Å². The number of hydrogen-bond acceptors (Lipinski definition) is 18. The molecular formula is C63H110ClN9O16. The lowest BCUT2D eigenvalue weighted by atomic mass is 9.79. The summed E-state index contributed by atoms with van der Waals surface area (Å²) >= 11 is 0. The maximum absolute atomic E-state index is 12.2. The molecule has 8 aliphatic heterocycles. The van der Waals surface area contributed by atoms with Crippen molar-refractivity contribution >= 4 is 66.4 Å². The zero-order valence-electron chi connectivity index (χ0n) is 55.6. The minimum Gasteiger partial charge on any atom is -0.481 e. The summed E-state index contributed by atoms with van der Waals surface area (Å²) in [5, 5.41) is 23.8. The molecule has 8 heterocycles. The van der Waals surface area contributed by atoms with E-state index in [1.165, 1.54) is 4.90 Å². The number of halogens is 1. The Bertz CT molecular complexity index is 2300. The molecule has 0 aromatic carbocycles. The predicted molar refractivity (Wildman–Crippen MR) is 337 cm³/mol. The van der Waals surface area contributed by atoms with Crippen molar-refractivity contribution in [2.45, 2.75) is 190 Å². The van der Waals surface area contributed by atoms with E-state index in [-0.39, 0.29) is 96.6 Å². The number of piperidine rings is 6. The van der Waals surface area contributed by atoms with Crippen LogP contribution in [0.15, 0.2) is 0 Å². The number of esters is 3. The molecule has 8 saturated heterocycles. The molecule has 8 rings (SSSR count). The first-order valence-electron chi connectivity index (χ1n) is 32.1. The van der Waals surface area contributed by atoms with Gasteiger partial charge in [0, 0.05) is 72.0 Å². The molecule has 0 aromatic rings. The molecule has 8 fully saturated rings. The summed E-state index contributed by atoms with van der Waals surface area (Å²) in [6.45, 7) is 40.0. The molecule has 2 spiro atoms. The summed E-state index contributed by atoms with van der Waals surface area (Å²) < 4.78 is 31.0. The van der Waals surface area contributed by atoms with Gasteiger partial charge in [-0.2, -0.15) is 0 Å². The minimum absolute atomic E-state index is 0.